The molecule has 2 fully saturated rings. The molecule has 1 spiro atoms. The molecule has 1 aromatic carbocycles. The van der Waals surface area contributed by atoms with Crippen LogP contribution >= 0.6 is 23.2 Å². The maximum absolute atomic E-state index is 12.7. The lowest BCUT2D eigenvalue weighted by molar-refractivity contribution is -0.144. The summed E-state index contributed by atoms with van der Waals surface area (Å²) < 4.78 is 5.48. The van der Waals surface area contributed by atoms with Crippen LogP contribution in [0.1, 0.15) is 38.5 Å². The molecule has 1 aliphatic carbocycles. The molecule has 2 amide bonds. The molecule has 5 nitrogen and oxygen atoms in total. The minimum atomic E-state index is -0.985. The number of rotatable bonds is 5. The van der Waals surface area contributed by atoms with Crippen LogP contribution in [0.5, 0.6) is 5.75 Å². The van der Waals surface area contributed by atoms with Crippen LogP contribution in [0.25, 0.3) is 0 Å². The van der Waals surface area contributed by atoms with Gasteiger partial charge in [0.15, 0.2) is 0 Å². The molecule has 0 radical (unpaired) electrons. The third-order valence-corrected chi connectivity index (χ3v) is 5.57. The number of aliphatic hydroxyl groups is 1. The van der Waals surface area contributed by atoms with E-state index in [9.17, 15) is 14.7 Å². The van der Waals surface area contributed by atoms with E-state index in [2.05, 4.69) is 0 Å². The second-order valence-electron chi connectivity index (χ2n) is 6.87. The van der Waals surface area contributed by atoms with Crippen molar-refractivity contribution in [2.24, 2.45) is 5.41 Å². The Bertz CT molecular complexity index is 673. The number of ether oxygens (including phenoxy) is 1. The van der Waals surface area contributed by atoms with E-state index >= 15 is 0 Å². The van der Waals surface area contributed by atoms with Gasteiger partial charge >= 0.3 is 0 Å². The highest BCUT2D eigenvalue weighted by atomic mass is 35.5. The summed E-state index contributed by atoms with van der Waals surface area (Å²) in [5.41, 5.74) is -0.536. The van der Waals surface area contributed by atoms with Gasteiger partial charge < -0.3 is 9.84 Å². The summed E-state index contributed by atoms with van der Waals surface area (Å²) in [5, 5.41) is 11.1. The molecule has 1 saturated heterocycles. The average Bonchev–Trinajstić information content (AvgIpc) is 2.80. The van der Waals surface area contributed by atoms with Gasteiger partial charge in [0.05, 0.1) is 17.0 Å². The summed E-state index contributed by atoms with van der Waals surface area (Å²) in [4.78, 5) is 26.2. The van der Waals surface area contributed by atoms with Crippen LogP contribution in [-0.2, 0) is 9.59 Å². The molecule has 1 saturated carbocycles. The van der Waals surface area contributed by atoms with E-state index < -0.39 is 11.5 Å². The second kappa shape index (κ2) is 7.52. The zero-order chi connectivity index (χ0) is 18.0. The molecule has 0 bridgehead atoms. The minimum absolute atomic E-state index is 0.0579. The molecule has 1 N–H and O–H groups in total. The smallest absolute Gasteiger partial charge is 0.235 e. The maximum Gasteiger partial charge on any atom is 0.235 e. The standard InChI is InChI=1S/C18H21Cl2NO4/c19-12-4-5-14(20)15(8-12)25-11-13(22)10-21-16(23)9-18(17(21)24)6-2-1-3-7-18/h4-5,8,13,22H,1-3,6-7,9-11H2. The Balaban J connectivity index is 1.59. The van der Waals surface area contributed by atoms with Crippen LogP contribution in [0.4, 0.5) is 0 Å². The normalized spacial score (nSPS) is 21.0. The van der Waals surface area contributed by atoms with Gasteiger partial charge in [-0.25, -0.2) is 0 Å². The Labute approximate surface area is 156 Å². The van der Waals surface area contributed by atoms with Gasteiger partial charge in [-0.05, 0) is 25.0 Å². The van der Waals surface area contributed by atoms with Gasteiger partial charge in [0.1, 0.15) is 18.5 Å². The molecule has 1 atom stereocenters. The fourth-order valence-electron chi connectivity index (χ4n) is 3.70. The average molecular weight is 386 g/mol. The summed E-state index contributed by atoms with van der Waals surface area (Å²) in [5.74, 6) is 0.0137. The van der Waals surface area contributed by atoms with Crippen LogP contribution < -0.4 is 4.74 Å². The van der Waals surface area contributed by atoms with Crippen molar-refractivity contribution in [1.82, 2.24) is 4.90 Å². The van der Waals surface area contributed by atoms with Crippen molar-refractivity contribution >= 4 is 35.0 Å². The molecule has 136 valence electrons. The summed E-state index contributed by atoms with van der Waals surface area (Å²) in [6, 6.07) is 4.80. The lowest BCUT2D eigenvalue weighted by Gasteiger charge is -2.30. The molecule has 1 aliphatic heterocycles. The Hall–Kier alpha value is -1.30. The van der Waals surface area contributed by atoms with E-state index in [1.807, 2.05) is 0 Å². The number of likely N-dealkylation sites (tertiary alicyclic amines) is 1. The Kier molecular flexibility index (Phi) is 5.56. The third-order valence-electron chi connectivity index (χ3n) is 5.02. The van der Waals surface area contributed by atoms with Gasteiger partial charge in [0.25, 0.3) is 0 Å². The zero-order valence-corrected chi connectivity index (χ0v) is 15.4. The lowest BCUT2D eigenvalue weighted by Crippen LogP contribution is -2.42. The topological polar surface area (TPSA) is 66.8 Å². The summed E-state index contributed by atoms with van der Waals surface area (Å²) in [6.45, 7) is -0.137. The molecule has 25 heavy (non-hydrogen) atoms. The van der Waals surface area contributed by atoms with Crippen LogP contribution in [0.2, 0.25) is 10.0 Å². The van der Waals surface area contributed by atoms with Gasteiger partial charge in [-0.3, -0.25) is 14.5 Å². The van der Waals surface area contributed by atoms with Crippen LogP contribution in [0, 0.1) is 5.41 Å². The van der Waals surface area contributed by atoms with Crippen molar-refractivity contribution in [3.8, 4) is 5.75 Å². The molecular weight excluding hydrogens is 365 g/mol. The molecule has 1 aromatic rings. The van der Waals surface area contributed by atoms with Gasteiger partial charge in [-0.2, -0.15) is 0 Å². The Morgan fingerprint density at radius 1 is 1.20 bits per heavy atom. The van der Waals surface area contributed by atoms with E-state index in [0.29, 0.717) is 15.8 Å². The number of amides is 2. The zero-order valence-electron chi connectivity index (χ0n) is 13.8. The van der Waals surface area contributed by atoms with Crippen molar-refractivity contribution in [2.75, 3.05) is 13.2 Å². The highest BCUT2D eigenvalue weighted by Crippen LogP contribution is 2.45. The Morgan fingerprint density at radius 3 is 2.64 bits per heavy atom. The molecule has 1 heterocycles. The van der Waals surface area contributed by atoms with Crippen molar-refractivity contribution in [3.63, 3.8) is 0 Å². The van der Waals surface area contributed by atoms with Gasteiger partial charge in [-0.15, -0.1) is 0 Å². The van der Waals surface area contributed by atoms with Crippen molar-refractivity contribution < 1.29 is 19.4 Å². The first kappa shape index (κ1) is 18.5. The molecule has 3 rings (SSSR count). The number of benzene rings is 1. The van der Waals surface area contributed by atoms with Gasteiger partial charge in [-0.1, -0.05) is 42.5 Å². The highest BCUT2D eigenvalue weighted by molar-refractivity contribution is 6.34. The molecule has 2 aliphatic rings. The van der Waals surface area contributed by atoms with Crippen LogP contribution in [-0.4, -0.2) is 41.1 Å². The number of hydrogen-bond donors (Lipinski definition) is 1. The number of imide groups is 1. The Morgan fingerprint density at radius 2 is 1.92 bits per heavy atom. The number of carbonyl (C=O) groups excluding carboxylic acids is 2. The van der Waals surface area contributed by atoms with E-state index in [0.717, 1.165) is 32.1 Å². The quantitative estimate of drug-likeness (QED) is 0.788. The number of aliphatic hydroxyl groups excluding tert-OH is 1. The molecule has 7 heteroatoms. The number of β-amino-alcohol motifs (C(OH)–C–C–N with tert-alkyl or cyclic N) is 1. The fourth-order valence-corrected chi connectivity index (χ4v) is 4.04. The number of hydrogen-bond acceptors (Lipinski definition) is 4. The van der Waals surface area contributed by atoms with Crippen LogP contribution in [0.3, 0.4) is 0 Å². The fraction of sp³-hybridized carbons (Fsp3) is 0.556. The van der Waals surface area contributed by atoms with E-state index in [-0.39, 0.29) is 31.4 Å². The maximum atomic E-state index is 12.7. The lowest BCUT2D eigenvalue weighted by atomic mass is 9.73. The summed E-state index contributed by atoms with van der Waals surface area (Å²) >= 11 is 11.9. The third kappa shape index (κ3) is 3.94. The monoisotopic (exact) mass is 385 g/mol. The van der Waals surface area contributed by atoms with Crippen molar-refractivity contribution in [1.29, 1.82) is 0 Å². The van der Waals surface area contributed by atoms with Crippen molar-refractivity contribution in [3.05, 3.63) is 28.2 Å². The first-order chi connectivity index (χ1) is 11.9. The predicted octanol–water partition coefficient (Wildman–Crippen LogP) is 3.44. The number of carbonyl (C=O) groups is 2. The second-order valence-corrected chi connectivity index (χ2v) is 7.71. The van der Waals surface area contributed by atoms with Gasteiger partial charge in [0.2, 0.25) is 11.8 Å². The SMILES string of the molecule is O=C1CC2(CCCCC2)C(=O)N1CC(O)COc1cc(Cl)ccc1Cl. The summed E-state index contributed by atoms with van der Waals surface area (Å²) in [7, 11) is 0. The van der Waals surface area contributed by atoms with E-state index in [1.54, 1.807) is 18.2 Å². The molecule has 1 unspecified atom stereocenters. The first-order valence-corrected chi connectivity index (χ1v) is 9.28. The van der Waals surface area contributed by atoms with Crippen LogP contribution in [0.15, 0.2) is 18.2 Å². The largest absolute Gasteiger partial charge is 0.489 e. The van der Waals surface area contributed by atoms with E-state index in [4.69, 9.17) is 27.9 Å². The molecule has 0 aromatic heterocycles. The number of nitrogens with zero attached hydrogens (tertiary/aromatic N) is 1. The van der Waals surface area contributed by atoms with Gasteiger partial charge in [0, 0.05) is 17.5 Å². The van der Waals surface area contributed by atoms with Crippen molar-refractivity contribution in [2.45, 2.75) is 44.6 Å². The summed E-state index contributed by atoms with van der Waals surface area (Å²) in [6.07, 6.45) is 3.87. The predicted molar refractivity (Wildman–Crippen MR) is 94.8 cm³/mol. The highest BCUT2D eigenvalue weighted by Gasteiger charge is 2.51. The van der Waals surface area contributed by atoms with E-state index in [1.165, 1.54) is 4.90 Å². The molecular formula is C18H21Cl2NO4. The first-order valence-electron chi connectivity index (χ1n) is 8.52. The number of halogens is 2. The minimum Gasteiger partial charge on any atom is -0.489 e.